The highest BCUT2D eigenvalue weighted by Gasteiger charge is 2.41. The molecule has 1 atom stereocenters. The van der Waals surface area contributed by atoms with Gasteiger partial charge in [0.25, 0.3) is 5.69 Å². The largest absolute Gasteiger partial charge is 0.466 e. The van der Waals surface area contributed by atoms with E-state index in [1.807, 2.05) is 0 Å². The van der Waals surface area contributed by atoms with Gasteiger partial charge in [-0.15, -0.1) is 0 Å². The number of carbonyl (C=O) groups excluding carboxylic acids is 3. The Kier molecular flexibility index (Phi) is 7.40. The maximum Gasteiger partial charge on any atom is 0.336 e. The second kappa shape index (κ2) is 9.63. The quantitative estimate of drug-likeness (QED) is 0.290. The zero-order chi connectivity index (χ0) is 24.2. The van der Waals surface area contributed by atoms with Crippen molar-refractivity contribution in [2.45, 2.75) is 46.1 Å². The normalized spacial score (nSPS) is 16.2. The first kappa shape index (κ1) is 24.6. The number of benzene rings is 1. The van der Waals surface area contributed by atoms with Crippen LogP contribution in [0.4, 0.5) is 5.69 Å². The highest BCUT2D eigenvalue weighted by molar-refractivity contribution is 6.00. The Labute approximate surface area is 185 Å². The standard InChI is InChI=1S/C22H26N2O8/c1-12-17(20(26)30-6)19(15-9-7-8-10-16(15)24(28)29)18(13(2)23-12)21(27)31-11-22(4,5)32-14(3)25/h7-10,19,23H,11H2,1-6H3/t19-/m0/s1. The molecule has 0 aliphatic carbocycles. The van der Waals surface area contributed by atoms with E-state index in [4.69, 9.17) is 14.2 Å². The van der Waals surface area contributed by atoms with Crippen LogP contribution >= 0.6 is 0 Å². The lowest BCUT2D eigenvalue weighted by atomic mass is 9.79. The number of dihydropyridines is 1. The summed E-state index contributed by atoms with van der Waals surface area (Å²) in [4.78, 5) is 48.2. The number of nitrogens with zero attached hydrogens (tertiary/aromatic N) is 1. The number of esters is 3. The topological polar surface area (TPSA) is 134 Å². The van der Waals surface area contributed by atoms with Gasteiger partial charge in [0, 0.05) is 29.9 Å². The van der Waals surface area contributed by atoms with Gasteiger partial charge in [0.2, 0.25) is 0 Å². The van der Waals surface area contributed by atoms with Crippen molar-refractivity contribution in [2.24, 2.45) is 0 Å². The van der Waals surface area contributed by atoms with Gasteiger partial charge in [0.15, 0.2) is 0 Å². The molecule has 0 radical (unpaired) electrons. The minimum Gasteiger partial charge on any atom is -0.466 e. The van der Waals surface area contributed by atoms with Crippen LogP contribution in [0.5, 0.6) is 0 Å². The van der Waals surface area contributed by atoms with Crippen molar-refractivity contribution >= 4 is 23.6 Å². The Hall–Kier alpha value is -3.69. The average Bonchev–Trinajstić information content (AvgIpc) is 2.70. The number of allylic oxidation sites excluding steroid dienone is 2. The minimum atomic E-state index is -1.10. The van der Waals surface area contributed by atoms with Crippen LogP contribution in [0.3, 0.4) is 0 Å². The number of methoxy groups -OCH3 is 1. The molecule has 172 valence electrons. The molecule has 0 fully saturated rings. The number of para-hydroxylation sites is 1. The van der Waals surface area contributed by atoms with Gasteiger partial charge in [-0.05, 0) is 27.7 Å². The Morgan fingerprint density at radius 1 is 1.09 bits per heavy atom. The summed E-state index contributed by atoms with van der Waals surface area (Å²) in [6.07, 6.45) is 0. The van der Waals surface area contributed by atoms with Gasteiger partial charge >= 0.3 is 17.9 Å². The van der Waals surface area contributed by atoms with Gasteiger partial charge in [-0.2, -0.15) is 0 Å². The molecule has 0 spiro atoms. The summed E-state index contributed by atoms with van der Waals surface area (Å²) in [5.74, 6) is -3.19. The second-order valence-electron chi connectivity index (χ2n) is 7.87. The van der Waals surface area contributed by atoms with E-state index in [-0.39, 0.29) is 29.0 Å². The van der Waals surface area contributed by atoms with Gasteiger partial charge in [-0.25, -0.2) is 9.59 Å². The number of ether oxygens (including phenoxy) is 3. The van der Waals surface area contributed by atoms with E-state index >= 15 is 0 Å². The van der Waals surface area contributed by atoms with Crippen LogP contribution in [-0.2, 0) is 28.6 Å². The third kappa shape index (κ3) is 5.32. The first-order valence-corrected chi connectivity index (χ1v) is 9.76. The molecule has 1 aliphatic heterocycles. The predicted molar refractivity (Wildman–Crippen MR) is 113 cm³/mol. The van der Waals surface area contributed by atoms with Crippen LogP contribution < -0.4 is 5.32 Å². The van der Waals surface area contributed by atoms with Crippen molar-refractivity contribution in [2.75, 3.05) is 13.7 Å². The molecule has 32 heavy (non-hydrogen) atoms. The van der Waals surface area contributed by atoms with Crippen molar-refractivity contribution in [3.63, 3.8) is 0 Å². The molecule has 0 saturated heterocycles. The fourth-order valence-electron chi connectivity index (χ4n) is 3.59. The molecule has 10 nitrogen and oxygen atoms in total. The van der Waals surface area contributed by atoms with E-state index in [9.17, 15) is 24.5 Å². The molecular formula is C22H26N2O8. The van der Waals surface area contributed by atoms with E-state index < -0.39 is 34.4 Å². The maximum absolute atomic E-state index is 13.2. The molecule has 1 aromatic carbocycles. The molecule has 1 heterocycles. The fourth-order valence-corrected chi connectivity index (χ4v) is 3.59. The average molecular weight is 446 g/mol. The highest BCUT2D eigenvalue weighted by Crippen LogP contribution is 2.42. The molecule has 2 rings (SSSR count). The zero-order valence-electron chi connectivity index (χ0n) is 18.8. The summed E-state index contributed by atoms with van der Waals surface area (Å²) in [7, 11) is 1.18. The lowest BCUT2D eigenvalue weighted by Gasteiger charge is -2.31. The molecule has 1 aromatic rings. The van der Waals surface area contributed by atoms with Crippen molar-refractivity contribution < 1.29 is 33.5 Å². The molecule has 0 saturated carbocycles. The molecule has 0 unspecified atom stereocenters. The van der Waals surface area contributed by atoms with E-state index in [0.717, 1.165) is 0 Å². The van der Waals surface area contributed by atoms with Crippen LogP contribution in [-0.4, -0.2) is 42.1 Å². The molecule has 1 aliphatic rings. The maximum atomic E-state index is 13.2. The van der Waals surface area contributed by atoms with Crippen LogP contribution in [0.15, 0.2) is 46.8 Å². The third-order valence-electron chi connectivity index (χ3n) is 4.80. The zero-order valence-corrected chi connectivity index (χ0v) is 18.8. The van der Waals surface area contributed by atoms with Gasteiger partial charge in [0.05, 0.1) is 29.1 Å². The molecule has 0 amide bonds. The number of hydrogen-bond acceptors (Lipinski definition) is 9. The summed E-state index contributed by atoms with van der Waals surface area (Å²) >= 11 is 0. The van der Waals surface area contributed by atoms with Gasteiger partial charge in [-0.3, -0.25) is 14.9 Å². The number of rotatable bonds is 7. The van der Waals surface area contributed by atoms with Crippen molar-refractivity contribution in [1.29, 1.82) is 0 Å². The number of nitro benzene ring substituents is 1. The smallest absolute Gasteiger partial charge is 0.336 e. The van der Waals surface area contributed by atoms with Crippen LogP contribution in [0.1, 0.15) is 46.1 Å². The SMILES string of the molecule is COC(=O)C1=C(C)NC(C)=C(C(=O)OCC(C)(C)OC(C)=O)[C@H]1c1ccccc1[N+](=O)[O-]. The lowest BCUT2D eigenvalue weighted by molar-refractivity contribution is -0.385. The molecular weight excluding hydrogens is 420 g/mol. The second-order valence-corrected chi connectivity index (χ2v) is 7.87. The summed E-state index contributed by atoms with van der Waals surface area (Å²) in [5, 5.41) is 14.6. The Morgan fingerprint density at radius 2 is 1.66 bits per heavy atom. The Morgan fingerprint density at radius 3 is 2.19 bits per heavy atom. The van der Waals surface area contributed by atoms with Crippen LogP contribution in [0.25, 0.3) is 0 Å². The summed E-state index contributed by atoms with van der Waals surface area (Å²) in [6.45, 7) is 7.34. The first-order valence-electron chi connectivity index (χ1n) is 9.76. The highest BCUT2D eigenvalue weighted by atomic mass is 16.6. The van der Waals surface area contributed by atoms with E-state index in [2.05, 4.69) is 5.32 Å². The van der Waals surface area contributed by atoms with Crippen LogP contribution in [0, 0.1) is 10.1 Å². The van der Waals surface area contributed by atoms with Gasteiger partial charge in [0.1, 0.15) is 12.2 Å². The number of carbonyl (C=O) groups is 3. The molecule has 1 N–H and O–H groups in total. The first-order chi connectivity index (χ1) is 14.9. The predicted octanol–water partition coefficient (Wildman–Crippen LogP) is 2.89. The van der Waals surface area contributed by atoms with Gasteiger partial charge in [-0.1, -0.05) is 18.2 Å². The number of nitro groups is 1. The number of hydrogen-bond donors (Lipinski definition) is 1. The van der Waals surface area contributed by atoms with E-state index in [1.165, 1.54) is 32.2 Å². The Balaban J connectivity index is 2.58. The van der Waals surface area contributed by atoms with Crippen molar-refractivity contribution in [3.8, 4) is 0 Å². The summed E-state index contributed by atoms with van der Waals surface area (Å²) in [6, 6.07) is 5.85. The summed E-state index contributed by atoms with van der Waals surface area (Å²) < 4.78 is 15.4. The van der Waals surface area contributed by atoms with Gasteiger partial charge < -0.3 is 19.5 Å². The Bertz CT molecular complexity index is 1020. The van der Waals surface area contributed by atoms with E-state index in [1.54, 1.807) is 33.8 Å². The molecule has 10 heteroatoms. The molecule has 0 bridgehead atoms. The minimum absolute atomic E-state index is 0.0175. The van der Waals surface area contributed by atoms with Crippen molar-refractivity contribution in [3.05, 3.63) is 62.5 Å². The lowest BCUT2D eigenvalue weighted by Crippen LogP contribution is -2.36. The monoisotopic (exact) mass is 446 g/mol. The number of nitrogens with one attached hydrogen (secondary N) is 1. The van der Waals surface area contributed by atoms with Crippen molar-refractivity contribution in [1.82, 2.24) is 5.32 Å². The van der Waals surface area contributed by atoms with Crippen LogP contribution in [0.2, 0.25) is 0 Å². The molecule has 0 aromatic heterocycles. The van der Waals surface area contributed by atoms with E-state index in [0.29, 0.717) is 11.4 Å². The third-order valence-corrected chi connectivity index (χ3v) is 4.80. The summed E-state index contributed by atoms with van der Waals surface area (Å²) in [5.41, 5.74) is -0.370. The fraction of sp³-hybridized carbons (Fsp3) is 0.409.